The Labute approximate surface area is 150 Å². The molecule has 1 aliphatic carbocycles. The first-order valence-electron chi connectivity index (χ1n) is 7.99. The number of carboxylic acids is 1. The van der Waals surface area contributed by atoms with E-state index in [0.29, 0.717) is 18.7 Å². The Balaban J connectivity index is 0.00000225. The zero-order valence-electron chi connectivity index (χ0n) is 13.5. The summed E-state index contributed by atoms with van der Waals surface area (Å²) in [6, 6.07) is 6.64. The highest BCUT2D eigenvalue weighted by atomic mass is 35.5. The average molecular weight is 375 g/mol. The fraction of sp³-hybridized carbons (Fsp3) is 0.529. The summed E-state index contributed by atoms with van der Waals surface area (Å²) in [7, 11) is 0. The monoisotopic (exact) mass is 374 g/mol. The molecule has 0 spiro atoms. The second-order valence-corrected chi connectivity index (χ2v) is 6.55. The summed E-state index contributed by atoms with van der Waals surface area (Å²) in [5, 5.41) is 23.7. The van der Waals surface area contributed by atoms with Crippen LogP contribution in [0.1, 0.15) is 36.3 Å². The van der Waals surface area contributed by atoms with E-state index in [9.17, 15) is 23.8 Å². The molecule has 1 heterocycles. The summed E-state index contributed by atoms with van der Waals surface area (Å²) in [4.78, 5) is 16.1. The number of alkyl halides is 2. The van der Waals surface area contributed by atoms with E-state index in [1.807, 2.05) is 0 Å². The van der Waals surface area contributed by atoms with Gasteiger partial charge in [0.05, 0.1) is 6.34 Å². The largest absolute Gasteiger partial charge is 0.479 e. The quantitative estimate of drug-likeness (QED) is 0.756. The maximum atomic E-state index is 13.6. The van der Waals surface area contributed by atoms with Crippen molar-refractivity contribution in [2.45, 2.75) is 36.7 Å². The molecule has 0 aromatic heterocycles. The van der Waals surface area contributed by atoms with Gasteiger partial charge in [-0.25, -0.2) is 13.6 Å². The molecule has 1 unspecified atom stereocenters. The molecule has 1 saturated carbocycles. The molecule has 138 valence electrons. The van der Waals surface area contributed by atoms with Crippen LogP contribution in [0.15, 0.2) is 29.3 Å². The number of rotatable bonds is 4. The van der Waals surface area contributed by atoms with Gasteiger partial charge >= 0.3 is 5.97 Å². The summed E-state index contributed by atoms with van der Waals surface area (Å²) >= 11 is 0. The van der Waals surface area contributed by atoms with Gasteiger partial charge in [0, 0.05) is 37.8 Å². The third kappa shape index (κ3) is 3.62. The van der Waals surface area contributed by atoms with Gasteiger partial charge in [-0.15, -0.1) is 12.4 Å². The van der Waals surface area contributed by atoms with E-state index in [-0.39, 0.29) is 30.3 Å². The average Bonchev–Trinajstić information content (AvgIpc) is 2.95. The van der Waals surface area contributed by atoms with Crippen molar-refractivity contribution in [2.24, 2.45) is 10.9 Å². The predicted molar refractivity (Wildman–Crippen MR) is 91.6 cm³/mol. The number of aliphatic hydroxyl groups is 1. The lowest BCUT2D eigenvalue weighted by Crippen LogP contribution is -2.44. The zero-order valence-corrected chi connectivity index (χ0v) is 14.3. The molecule has 25 heavy (non-hydrogen) atoms. The Morgan fingerprint density at radius 1 is 1.36 bits per heavy atom. The first-order chi connectivity index (χ1) is 11.3. The van der Waals surface area contributed by atoms with Crippen LogP contribution in [0.2, 0.25) is 0 Å². The molecule has 2 aliphatic rings. The summed E-state index contributed by atoms with van der Waals surface area (Å²) in [6.45, 7) is 1.01. The molecular formula is C17H21ClF2N2O3. The summed E-state index contributed by atoms with van der Waals surface area (Å²) in [6.07, 6.45) is 0.543. The van der Waals surface area contributed by atoms with Gasteiger partial charge in [0.25, 0.3) is 0 Å². The van der Waals surface area contributed by atoms with Crippen molar-refractivity contribution >= 4 is 24.7 Å². The molecule has 0 amide bonds. The van der Waals surface area contributed by atoms with Crippen molar-refractivity contribution in [3.63, 3.8) is 0 Å². The molecule has 0 bridgehead atoms. The van der Waals surface area contributed by atoms with Gasteiger partial charge in [0.15, 0.2) is 5.60 Å². The second-order valence-electron chi connectivity index (χ2n) is 6.55. The number of carboxylic acid groups (broad SMARTS) is 1. The Morgan fingerprint density at radius 2 is 2.08 bits per heavy atom. The Bertz CT molecular complexity index is 671. The van der Waals surface area contributed by atoms with Crippen molar-refractivity contribution in [3.05, 3.63) is 35.4 Å². The van der Waals surface area contributed by atoms with Crippen molar-refractivity contribution in [1.82, 2.24) is 5.32 Å². The highest BCUT2D eigenvalue weighted by Gasteiger charge is 2.54. The number of aliphatic carboxylic acids is 1. The van der Waals surface area contributed by atoms with Crippen molar-refractivity contribution in [2.75, 3.05) is 13.1 Å². The first kappa shape index (κ1) is 19.6. The van der Waals surface area contributed by atoms with Gasteiger partial charge < -0.3 is 15.5 Å². The minimum Gasteiger partial charge on any atom is -0.479 e. The highest BCUT2D eigenvalue weighted by Crippen LogP contribution is 2.48. The molecule has 3 atom stereocenters. The number of nitrogens with zero attached hydrogens (tertiary/aromatic N) is 1. The van der Waals surface area contributed by atoms with E-state index in [2.05, 4.69) is 10.3 Å². The van der Waals surface area contributed by atoms with Crippen molar-refractivity contribution < 1.29 is 23.8 Å². The number of carbonyl (C=O) groups is 1. The van der Waals surface area contributed by atoms with E-state index in [1.165, 1.54) is 6.07 Å². The maximum Gasteiger partial charge on any atom is 0.340 e. The molecule has 1 fully saturated rings. The van der Waals surface area contributed by atoms with Crippen molar-refractivity contribution in [3.8, 4) is 0 Å². The van der Waals surface area contributed by atoms with Gasteiger partial charge in [-0.05, 0) is 17.5 Å². The van der Waals surface area contributed by atoms with Crippen LogP contribution in [0.25, 0.3) is 0 Å². The number of benzene rings is 1. The normalized spacial score (nSPS) is 27.0. The van der Waals surface area contributed by atoms with Gasteiger partial charge in [0.2, 0.25) is 5.92 Å². The standard InChI is InChI=1S/C17H20F2N2O3.ClH/c18-16(19)6-5-12(7-16)17(24,15(22)23)14-4-2-1-3-13(14)11-8-20-10-21-9-11;/h1-4,10-12,24H,5-9H2,(H,20,21)(H,22,23);1H/t12-,17-;/m1./s1. The third-order valence-corrected chi connectivity index (χ3v) is 5.00. The van der Waals surface area contributed by atoms with Crippen LogP contribution in [-0.2, 0) is 10.4 Å². The molecule has 3 N–H and O–H groups in total. The van der Waals surface area contributed by atoms with Crippen molar-refractivity contribution in [1.29, 1.82) is 0 Å². The van der Waals surface area contributed by atoms with E-state index in [4.69, 9.17) is 0 Å². The molecule has 1 aliphatic heterocycles. The molecule has 5 nitrogen and oxygen atoms in total. The van der Waals surface area contributed by atoms with Gasteiger partial charge in [-0.1, -0.05) is 24.3 Å². The smallest absolute Gasteiger partial charge is 0.340 e. The fourth-order valence-electron chi connectivity index (χ4n) is 3.73. The minimum absolute atomic E-state index is 0. The SMILES string of the molecule is Cl.O=C(O)[C@](O)(c1ccccc1C1CN=CNC1)[C@@H]1CCC(F)(F)C1. The van der Waals surface area contributed by atoms with E-state index >= 15 is 0 Å². The van der Waals surface area contributed by atoms with Crippen LogP contribution in [0.4, 0.5) is 8.78 Å². The van der Waals surface area contributed by atoms with E-state index in [1.54, 1.807) is 24.5 Å². The topological polar surface area (TPSA) is 81.9 Å². The van der Waals surface area contributed by atoms with Crippen LogP contribution in [0.3, 0.4) is 0 Å². The maximum absolute atomic E-state index is 13.6. The molecule has 8 heteroatoms. The highest BCUT2D eigenvalue weighted by molar-refractivity contribution is 5.85. The van der Waals surface area contributed by atoms with Gasteiger partial charge in [0.1, 0.15) is 0 Å². The predicted octanol–water partition coefficient (Wildman–Crippen LogP) is 2.53. The Morgan fingerprint density at radius 3 is 2.64 bits per heavy atom. The van der Waals surface area contributed by atoms with Gasteiger partial charge in [-0.2, -0.15) is 0 Å². The van der Waals surface area contributed by atoms with Crippen LogP contribution < -0.4 is 5.32 Å². The lowest BCUT2D eigenvalue weighted by molar-refractivity contribution is -0.167. The van der Waals surface area contributed by atoms with Gasteiger partial charge in [-0.3, -0.25) is 4.99 Å². The number of hydrogen-bond donors (Lipinski definition) is 3. The summed E-state index contributed by atoms with van der Waals surface area (Å²) in [5.74, 6) is -5.55. The number of halogens is 3. The second kappa shape index (κ2) is 7.25. The van der Waals surface area contributed by atoms with Crippen LogP contribution in [-0.4, -0.2) is 41.5 Å². The summed E-state index contributed by atoms with van der Waals surface area (Å²) in [5.41, 5.74) is -1.48. The Hall–Kier alpha value is -1.73. The number of hydrogen-bond acceptors (Lipinski definition) is 4. The van der Waals surface area contributed by atoms with E-state index < -0.39 is 36.3 Å². The molecule has 1 aromatic carbocycles. The molecular weight excluding hydrogens is 354 g/mol. The lowest BCUT2D eigenvalue weighted by atomic mass is 9.75. The van der Waals surface area contributed by atoms with E-state index in [0.717, 1.165) is 0 Å². The third-order valence-electron chi connectivity index (χ3n) is 5.00. The Kier molecular flexibility index (Phi) is 5.68. The van der Waals surface area contributed by atoms with Crippen LogP contribution >= 0.6 is 12.4 Å². The fourth-order valence-corrected chi connectivity index (χ4v) is 3.73. The molecule has 3 rings (SSSR count). The number of aliphatic imine (C=N–C) groups is 1. The molecule has 0 radical (unpaired) electrons. The molecule has 1 aromatic rings. The zero-order chi connectivity index (χ0) is 17.4. The number of nitrogens with one attached hydrogen (secondary N) is 1. The first-order valence-corrected chi connectivity index (χ1v) is 7.99. The minimum atomic E-state index is -2.93. The summed E-state index contributed by atoms with van der Waals surface area (Å²) < 4.78 is 27.3. The van der Waals surface area contributed by atoms with Crippen LogP contribution in [0, 0.1) is 5.92 Å². The van der Waals surface area contributed by atoms with Crippen LogP contribution in [0.5, 0.6) is 0 Å². The molecule has 0 saturated heterocycles. The lowest BCUT2D eigenvalue weighted by Gasteiger charge is -2.34.